The molecule has 9 nitrogen and oxygen atoms in total. The normalized spacial score (nSPS) is 17.3. The topological polar surface area (TPSA) is 112 Å². The molecule has 1 amide bonds. The van der Waals surface area contributed by atoms with Crippen molar-refractivity contribution in [1.29, 1.82) is 0 Å². The zero-order chi connectivity index (χ0) is 27.4. The lowest BCUT2D eigenvalue weighted by Crippen LogP contribution is -2.40. The Labute approximate surface area is 215 Å². The number of nitrogens with zero attached hydrogens (tertiary/aromatic N) is 4. The molecule has 4 rings (SSSR count). The number of alkyl halides is 3. The molecule has 0 unspecified atom stereocenters. The Morgan fingerprint density at radius 3 is 2.71 bits per heavy atom. The molecule has 0 radical (unpaired) electrons. The van der Waals surface area contributed by atoms with Gasteiger partial charge in [0.15, 0.2) is 11.6 Å². The molecule has 3 N–H and O–H groups in total. The number of pyridine rings is 2. The highest BCUT2D eigenvalue weighted by Gasteiger charge is 2.47. The number of fused-ring (bicyclic) bond motifs is 1. The van der Waals surface area contributed by atoms with Crippen LogP contribution in [-0.4, -0.2) is 63.7 Å². The van der Waals surface area contributed by atoms with E-state index in [0.717, 1.165) is 6.20 Å². The molecule has 0 saturated carbocycles. The van der Waals surface area contributed by atoms with Gasteiger partial charge in [-0.1, -0.05) is 12.1 Å². The van der Waals surface area contributed by atoms with Crippen LogP contribution in [0.5, 0.6) is 5.75 Å². The van der Waals surface area contributed by atoms with Crippen LogP contribution in [0.1, 0.15) is 37.6 Å². The van der Waals surface area contributed by atoms with Gasteiger partial charge in [0.2, 0.25) is 0 Å². The Morgan fingerprint density at radius 1 is 1.26 bits per heavy atom. The maximum absolute atomic E-state index is 14.2. The maximum Gasteiger partial charge on any atom is 0.408 e. The number of rotatable bonds is 8. The number of hydrazone groups is 1. The summed E-state index contributed by atoms with van der Waals surface area (Å²) in [7, 11) is 0. The van der Waals surface area contributed by atoms with Crippen molar-refractivity contribution in [3.05, 3.63) is 59.7 Å². The van der Waals surface area contributed by atoms with Gasteiger partial charge < -0.3 is 15.2 Å². The third kappa shape index (κ3) is 6.65. The molecule has 3 heterocycles. The van der Waals surface area contributed by atoms with E-state index in [4.69, 9.17) is 9.84 Å². The summed E-state index contributed by atoms with van der Waals surface area (Å²) >= 11 is 0. The molecule has 38 heavy (non-hydrogen) atoms. The van der Waals surface area contributed by atoms with E-state index in [-0.39, 0.29) is 42.7 Å². The quantitative estimate of drug-likeness (QED) is 0.213. The number of benzene rings is 1. The van der Waals surface area contributed by atoms with Gasteiger partial charge in [-0.3, -0.25) is 10.3 Å². The van der Waals surface area contributed by atoms with E-state index < -0.39 is 30.2 Å². The number of halogens is 4. The fraction of sp³-hybridized carbons (Fsp3) is 0.360. The third-order valence-corrected chi connectivity index (χ3v) is 5.83. The molecule has 1 fully saturated rings. The average Bonchev–Trinajstić information content (AvgIpc) is 3.26. The molecule has 2 atom stereocenters. The van der Waals surface area contributed by atoms with Gasteiger partial charge in [0.25, 0.3) is 0 Å². The standard InChI is InChI=1S/C25H26F4N6O3/c1-14(2)38-21-10-20-15(9-19(21)26)3-5-17(32-20)12-31-34-22-6-4-16(11-30-22)23(25(27,28)29)35-8-7-18(13-35)33-24(36)37/h3-6,9-12,14,18,23,33H,7-8,13H2,1-2H3,(H,30,34)(H,36,37)/b31-12+/t18-,23+/m0/s1. The minimum absolute atomic E-state index is 0.0583. The Kier molecular flexibility index (Phi) is 7.95. The summed E-state index contributed by atoms with van der Waals surface area (Å²) in [6.45, 7) is 3.61. The zero-order valence-corrected chi connectivity index (χ0v) is 20.5. The summed E-state index contributed by atoms with van der Waals surface area (Å²) in [5, 5.41) is 15.7. The predicted octanol–water partition coefficient (Wildman–Crippen LogP) is 4.95. The highest BCUT2D eigenvalue weighted by Crippen LogP contribution is 2.39. The van der Waals surface area contributed by atoms with E-state index in [0.29, 0.717) is 16.6 Å². The van der Waals surface area contributed by atoms with Crippen LogP contribution in [0.25, 0.3) is 10.9 Å². The summed E-state index contributed by atoms with van der Waals surface area (Å²) in [6.07, 6.45) is -3.24. The molecule has 1 aliphatic rings. The van der Waals surface area contributed by atoms with Gasteiger partial charge in [-0.25, -0.2) is 19.2 Å². The van der Waals surface area contributed by atoms with Crippen LogP contribution >= 0.6 is 0 Å². The molecule has 0 aliphatic carbocycles. The molecule has 13 heteroatoms. The number of hydrogen-bond donors (Lipinski definition) is 3. The van der Waals surface area contributed by atoms with Crippen molar-refractivity contribution in [2.45, 2.75) is 44.6 Å². The largest absolute Gasteiger partial charge is 0.488 e. The van der Waals surface area contributed by atoms with Gasteiger partial charge in [0.05, 0.1) is 23.5 Å². The van der Waals surface area contributed by atoms with Gasteiger partial charge in [0.1, 0.15) is 11.9 Å². The number of anilines is 1. The van der Waals surface area contributed by atoms with E-state index in [2.05, 4.69) is 25.8 Å². The lowest BCUT2D eigenvalue weighted by Gasteiger charge is -2.30. The first-order valence-electron chi connectivity index (χ1n) is 11.8. The first-order chi connectivity index (χ1) is 18.0. The minimum Gasteiger partial charge on any atom is -0.488 e. The molecule has 2 aromatic heterocycles. The number of nitrogens with one attached hydrogen (secondary N) is 2. The third-order valence-electron chi connectivity index (χ3n) is 5.83. The van der Waals surface area contributed by atoms with Gasteiger partial charge in [-0.2, -0.15) is 18.3 Å². The Balaban J connectivity index is 1.44. The van der Waals surface area contributed by atoms with Crippen LogP contribution in [-0.2, 0) is 0 Å². The molecule has 1 saturated heterocycles. The van der Waals surface area contributed by atoms with Crippen LogP contribution in [0.15, 0.2) is 47.7 Å². The zero-order valence-electron chi connectivity index (χ0n) is 20.5. The van der Waals surface area contributed by atoms with E-state index >= 15 is 0 Å². The van der Waals surface area contributed by atoms with Crippen molar-refractivity contribution in [2.75, 3.05) is 18.5 Å². The number of ether oxygens (including phenoxy) is 1. The molecule has 1 aliphatic heterocycles. The molecule has 1 aromatic carbocycles. The fourth-order valence-corrected chi connectivity index (χ4v) is 4.27. The fourth-order valence-electron chi connectivity index (χ4n) is 4.27. The van der Waals surface area contributed by atoms with Crippen molar-refractivity contribution in [1.82, 2.24) is 20.2 Å². The predicted molar refractivity (Wildman–Crippen MR) is 133 cm³/mol. The Morgan fingerprint density at radius 2 is 2.05 bits per heavy atom. The number of carboxylic acid groups (broad SMARTS) is 1. The van der Waals surface area contributed by atoms with Crippen molar-refractivity contribution in [3.8, 4) is 5.75 Å². The van der Waals surface area contributed by atoms with Crippen molar-refractivity contribution in [2.24, 2.45) is 5.10 Å². The number of likely N-dealkylation sites (tertiary alicyclic amines) is 1. The van der Waals surface area contributed by atoms with Crippen LogP contribution in [0.4, 0.5) is 28.2 Å². The van der Waals surface area contributed by atoms with Gasteiger partial charge in [0, 0.05) is 36.8 Å². The Hall–Kier alpha value is -4.00. The molecule has 0 bridgehead atoms. The monoisotopic (exact) mass is 534 g/mol. The van der Waals surface area contributed by atoms with Gasteiger partial charge >= 0.3 is 12.3 Å². The highest BCUT2D eigenvalue weighted by atomic mass is 19.4. The molecular weight excluding hydrogens is 508 g/mol. The first-order valence-corrected chi connectivity index (χ1v) is 11.8. The van der Waals surface area contributed by atoms with Crippen LogP contribution in [0.3, 0.4) is 0 Å². The molecule has 202 valence electrons. The first kappa shape index (κ1) is 27.0. The van der Waals surface area contributed by atoms with Crippen molar-refractivity contribution in [3.63, 3.8) is 0 Å². The van der Waals surface area contributed by atoms with E-state index in [1.54, 1.807) is 26.0 Å². The Bertz CT molecular complexity index is 1320. The molecule has 3 aromatic rings. The van der Waals surface area contributed by atoms with E-state index in [1.807, 2.05) is 0 Å². The second-order valence-corrected chi connectivity index (χ2v) is 9.10. The van der Waals surface area contributed by atoms with E-state index in [9.17, 15) is 22.4 Å². The van der Waals surface area contributed by atoms with Crippen LogP contribution in [0.2, 0.25) is 0 Å². The summed E-state index contributed by atoms with van der Waals surface area (Å²) in [5.41, 5.74) is 3.56. The number of carbonyl (C=O) groups is 1. The average molecular weight is 535 g/mol. The van der Waals surface area contributed by atoms with E-state index in [1.165, 1.54) is 35.4 Å². The second-order valence-electron chi connectivity index (χ2n) is 9.10. The molecular formula is C25H26F4N6O3. The van der Waals surface area contributed by atoms with Crippen LogP contribution in [0, 0.1) is 5.82 Å². The summed E-state index contributed by atoms with van der Waals surface area (Å²) < 4.78 is 61.3. The second kappa shape index (κ2) is 11.2. The van der Waals surface area contributed by atoms with Crippen molar-refractivity contribution < 1.29 is 32.2 Å². The highest BCUT2D eigenvalue weighted by molar-refractivity contribution is 5.86. The van der Waals surface area contributed by atoms with Crippen molar-refractivity contribution >= 4 is 29.0 Å². The number of aromatic nitrogens is 2. The maximum atomic E-state index is 14.2. The lowest BCUT2D eigenvalue weighted by molar-refractivity contribution is -0.183. The lowest BCUT2D eigenvalue weighted by atomic mass is 10.1. The number of amides is 1. The summed E-state index contributed by atoms with van der Waals surface area (Å²) in [6, 6.07) is 6.37. The molecule has 0 spiro atoms. The minimum atomic E-state index is -4.57. The van der Waals surface area contributed by atoms with Gasteiger partial charge in [-0.15, -0.1) is 0 Å². The van der Waals surface area contributed by atoms with Crippen LogP contribution < -0.4 is 15.5 Å². The smallest absolute Gasteiger partial charge is 0.408 e. The number of hydrogen-bond acceptors (Lipinski definition) is 7. The SMILES string of the molecule is CC(C)Oc1cc2nc(/C=N/Nc3ccc([C@@H](N4CC[C@H](NC(=O)O)C4)C(F)(F)F)cn3)ccc2cc1F. The summed E-state index contributed by atoms with van der Waals surface area (Å²) in [5.74, 6) is -0.177. The van der Waals surface area contributed by atoms with Gasteiger partial charge in [-0.05, 0) is 44.0 Å². The summed E-state index contributed by atoms with van der Waals surface area (Å²) in [4.78, 5) is 20.5.